The van der Waals surface area contributed by atoms with Crippen LogP contribution in [0.3, 0.4) is 0 Å². The summed E-state index contributed by atoms with van der Waals surface area (Å²) in [7, 11) is 0. The van der Waals surface area contributed by atoms with E-state index in [4.69, 9.17) is 0 Å². The number of nitrogens with zero attached hydrogens (tertiary/aromatic N) is 1. The first kappa shape index (κ1) is 14.6. The van der Waals surface area contributed by atoms with Crippen LogP contribution < -0.4 is 0 Å². The zero-order chi connectivity index (χ0) is 11.4. The molecule has 0 aromatic rings. The number of allylic oxidation sites excluding steroid dienone is 1. The standard InChI is InChI=1S/C11H20BrNO2/c12-10-8-6-4-2-1-3-5-7-9-11-13(14)15/h7,9H,1-6,8,10-11H2. The van der Waals surface area contributed by atoms with E-state index in [1.54, 1.807) is 6.08 Å². The summed E-state index contributed by atoms with van der Waals surface area (Å²) >= 11 is 3.41. The normalized spacial score (nSPS) is 11.0. The Morgan fingerprint density at radius 3 is 2.20 bits per heavy atom. The van der Waals surface area contributed by atoms with Gasteiger partial charge < -0.3 is 0 Å². The van der Waals surface area contributed by atoms with Crippen molar-refractivity contribution in [1.82, 2.24) is 0 Å². The Morgan fingerprint density at radius 1 is 1.00 bits per heavy atom. The molecule has 0 heterocycles. The molecule has 0 N–H and O–H groups in total. The van der Waals surface area contributed by atoms with Crippen LogP contribution in [0.5, 0.6) is 0 Å². The topological polar surface area (TPSA) is 43.1 Å². The zero-order valence-corrected chi connectivity index (χ0v) is 10.7. The molecule has 0 unspecified atom stereocenters. The van der Waals surface area contributed by atoms with Crippen LogP contribution in [-0.2, 0) is 0 Å². The quantitative estimate of drug-likeness (QED) is 0.200. The smallest absolute Gasteiger partial charge is 0.222 e. The van der Waals surface area contributed by atoms with E-state index in [0.717, 1.165) is 18.2 Å². The van der Waals surface area contributed by atoms with Gasteiger partial charge in [0, 0.05) is 10.3 Å². The Bertz CT molecular complexity index is 183. The second kappa shape index (κ2) is 11.7. The summed E-state index contributed by atoms with van der Waals surface area (Å²) in [5.41, 5.74) is 0. The summed E-state index contributed by atoms with van der Waals surface area (Å²) in [6.07, 6.45) is 12.1. The number of unbranched alkanes of at least 4 members (excludes halogenated alkanes) is 6. The van der Waals surface area contributed by atoms with Crippen molar-refractivity contribution in [3.63, 3.8) is 0 Å². The molecule has 15 heavy (non-hydrogen) atoms. The fourth-order valence-corrected chi connectivity index (χ4v) is 1.74. The second-order valence-corrected chi connectivity index (χ2v) is 4.38. The van der Waals surface area contributed by atoms with Gasteiger partial charge >= 0.3 is 0 Å². The first-order valence-electron chi connectivity index (χ1n) is 5.60. The first-order chi connectivity index (χ1) is 7.27. The van der Waals surface area contributed by atoms with E-state index >= 15 is 0 Å². The third-order valence-electron chi connectivity index (χ3n) is 2.18. The van der Waals surface area contributed by atoms with Crippen molar-refractivity contribution in [2.75, 3.05) is 11.9 Å². The van der Waals surface area contributed by atoms with E-state index in [0.29, 0.717) is 0 Å². The predicted octanol–water partition coefficient (Wildman–Crippen LogP) is 3.94. The van der Waals surface area contributed by atoms with E-state index in [9.17, 15) is 10.1 Å². The van der Waals surface area contributed by atoms with Crippen LogP contribution in [0.15, 0.2) is 12.2 Å². The number of alkyl halides is 1. The minimum atomic E-state index is -0.309. The number of halogens is 1. The molecular formula is C11H20BrNO2. The van der Waals surface area contributed by atoms with Gasteiger partial charge in [0.1, 0.15) is 0 Å². The SMILES string of the molecule is O=[N+]([O-])CC=CCCCCCCCCBr. The largest absolute Gasteiger partial charge is 0.264 e. The maximum Gasteiger partial charge on any atom is 0.222 e. The number of rotatable bonds is 10. The molecule has 0 spiro atoms. The first-order valence-corrected chi connectivity index (χ1v) is 6.72. The van der Waals surface area contributed by atoms with Crippen LogP contribution in [0.1, 0.15) is 44.9 Å². The third-order valence-corrected chi connectivity index (χ3v) is 2.74. The number of hydrogen-bond acceptors (Lipinski definition) is 2. The van der Waals surface area contributed by atoms with Crippen molar-refractivity contribution in [2.45, 2.75) is 44.9 Å². The molecule has 88 valence electrons. The predicted molar refractivity (Wildman–Crippen MR) is 67.1 cm³/mol. The number of hydrogen-bond donors (Lipinski definition) is 0. The minimum Gasteiger partial charge on any atom is -0.264 e. The van der Waals surface area contributed by atoms with Gasteiger partial charge in [-0.3, -0.25) is 10.1 Å². The lowest BCUT2D eigenvalue weighted by atomic mass is 10.1. The highest BCUT2D eigenvalue weighted by molar-refractivity contribution is 9.09. The summed E-state index contributed by atoms with van der Waals surface area (Å²) < 4.78 is 0. The highest BCUT2D eigenvalue weighted by Crippen LogP contribution is 2.08. The highest BCUT2D eigenvalue weighted by atomic mass is 79.9. The molecule has 0 saturated heterocycles. The van der Waals surface area contributed by atoms with E-state index < -0.39 is 0 Å². The molecule has 0 aliphatic carbocycles. The minimum absolute atomic E-state index is 0.0365. The summed E-state index contributed by atoms with van der Waals surface area (Å²) in [5, 5.41) is 11.1. The third kappa shape index (κ3) is 13.6. The van der Waals surface area contributed by atoms with E-state index in [1.807, 2.05) is 6.08 Å². The van der Waals surface area contributed by atoms with Gasteiger partial charge in [-0.05, 0) is 25.3 Å². The molecular weight excluding hydrogens is 258 g/mol. The molecule has 0 rings (SSSR count). The van der Waals surface area contributed by atoms with Gasteiger partial charge in [-0.15, -0.1) is 0 Å². The summed E-state index contributed by atoms with van der Waals surface area (Å²) in [5.74, 6) is 0. The van der Waals surface area contributed by atoms with Crippen LogP contribution >= 0.6 is 15.9 Å². The van der Waals surface area contributed by atoms with Crippen LogP contribution in [0.2, 0.25) is 0 Å². The Morgan fingerprint density at radius 2 is 1.60 bits per heavy atom. The Hall–Kier alpha value is -0.380. The molecule has 4 heteroatoms. The van der Waals surface area contributed by atoms with Crippen LogP contribution in [-0.4, -0.2) is 16.8 Å². The Balaban J connectivity index is 3.04. The van der Waals surface area contributed by atoms with Crippen LogP contribution in [0.4, 0.5) is 0 Å². The van der Waals surface area contributed by atoms with Gasteiger partial charge in [0.2, 0.25) is 6.54 Å². The molecule has 0 aliphatic heterocycles. The lowest BCUT2D eigenvalue weighted by molar-refractivity contribution is -0.468. The van der Waals surface area contributed by atoms with Gasteiger partial charge in [-0.1, -0.05) is 47.7 Å². The Labute approximate surface area is 100 Å². The fraction of sp³-hybridized carbons (Fsp3) is 0.818. The van der Waals surface area contributed by atoms with Crippen LogP contribution in [0, 0.1) is 10.1 Å². The molecule has 0 aliphatic rings. The maximum atomic E-state index is 9.99. The van der Waals surface area contributed by atoms with Gasteiger partial charge in [-0.25, -0.2) is 0 Å². The monoisotopic (exact) mass is 277 g/mol. The van der Waals surface area contributed by atoms with Gasteiger partial charge in [0.05, 0.1) is 0 Å². The molecule has 0 fully saturated rings. The lowest BCUT2D eigenvalue weighted by Crippen LogP contribution is -1.95. The average Bonchev–Trinajstić information content (AvgIpc) is 2.20. The van der Waals surface area contributed by atoms with Crippen molar-refractivity contribution >= 4 is 15.9 Å². The molecule has 0 saturated carbocycles. The number of nitro groups is 1. The molecule has 0 atom stereocenters. The molecule has 0 amide bonds. The summed E-state index contributed by atoms with van der Waals surface area (Å²) in [6, 6.07) is 0. The summed E-state index contributed by atoms with van der Waals surface area (Å²) in [4.78, 5) is 9.68. The highest BCUT2D eigenvalue weighted by Gasteiger charge is 1.90. The molecule has 0 aromatic carbocycles. The molecule has 0 aromatic heterocycles. The maximum absolute atomic E-state index is 9.99. The molecule has 0 radical (unpaired) electrons. The van der Waals surface area contributed by atoms with E-state index in [1.165, 1.54) is 32.1 Å². The van der Waals surface area contributed by atoms with Gasteiger partial charge in [0.25, 0.3) is 0 Å². The fourth-order valence-electron chi connectivity index (χ4n) is 1.34. The van der Waals surface area contributed by atoms with Crippen molar-refractivity contribution < 1.29 is 4.92 Å². The van der Waals surface area contributed by atoms with Crippen LogP contribution in [0.25, 0.3) is 0 Å². The van der Waals surface area contributed by atoms with E-state index in [2.05, 4.69) is 15.9 Å². The van der Waals surface area contributed by atoms with Crippen molar-refractivity contribution in [3.8, 4) is 0 Å². The summed E-state index contributed by atoms with van der Waals surface area (Å²) in [6.45, 7) is -0.0365. The van der Waals surface area contributed by atoms with Crippen molar-refractivity contribution in [1.29, 1.82) is 0 Å². The van der Waals surface area contributed by atoms with Crippen molar-refractivity contribution in [2.24, 2.45) is 0 Å². The van der Waals surface area contributed by atoms with Crippen molar-refractivity contribution in [3.05, 3.63) is 22.3 Å². The zero-order valence-electron chi connectivity index (χ0n) is 9.16. The second-order valence-electron chi connectivity index (χ2n) is 3.59. The van der Waals surface area contributed by atoms with Gasteiger partial charge in [0.15, 0.2) is 0 Å². The molecule has 3 nitrogen and oxygen atoms in total. The Kier molecular flexibility index (Phi) is 11.4. The van der Waals surface area contributed by atoms with E-state index in [-0.39, 0.29) is 11.5 Å². The lowest BCUT2D eigenvalue weighted by Gasteiger charge is -1.98. The molecule has 0 bridgehead atoms. The average molecular weight is 278 g/mol. The van der Waals surface area contributed by atoms with Gasteiger partial charge in [-0.2, -0.15) is 0 Å².